The van der Waals surface area contributed by atoms with Crippen LogP contribution in [-0.4, -0.2) is 13.1 Å². The summed E-state index contributed by atoms with van der Waals surface area (Å²) in [5.41, 5.74) is 1.59. The van der Waals surface area contributed by atoms with Crippen LogP contribution in [0.25, 0.3) is 0 Å². The Morgan fingerprint density at radius 3 is 2.83 bits per heavy atom. The van der Waals surface area contributed by atoms with Crippen molar-refractivity contribution in [3.8, 4) is 5.75 Å². The molecule has 1 atom stereocenters. The van der Waals surface area contributed by atoms with E-state index >= 15 is 0 Å². The molecule has 0 aliphatic carbocycles. The highest BCUT2D eigenvalue weighted by molar-refractivity contribution is 5.95. The first kappa shape index (κ1) is 12.9. The van der Waals surface area contributed by atoms with Crippen molar-refractivity contribution in [2.45, 2.75) is 45.1 Å². The summed E-state index contributed by atoms with van der Waals surface area (Å²) in [6.45, 7) is 2.19. The molecule has 18 heavy (non-hydrogen) atoms. The van der Waals surface area contributed by atoms with E-state index in [-0.39, 0.29) is 12.1 Å². The summed E-state index contributed by atoms with van der Waals surface area (Å²) in [5.74, 6) is 0.545. The molecule has 0 spiro atoms. The number of hydrogen-bond acceptors (Lipinski definition) is 3. The van der Waals surface area contributed by atoms with Gasteiger partial charge in [-0.2, -0.15) is 0 Å². The van der Waals surface area contributed by atoms with Crippen molar-refractivity contribution >= 4 is 5.97 Å². The second-order valence-corrected chi connectivity index (χ2v) is 4.66. The molecule has 3 heteroatoms. The smallest absolute Gasteiger partial charge is 0.339 e. The van der Waals surface area contributed by atoms with Gasteiger partial charge < -0.3 is 9.47 Å². The van der Waals surface area contributed by atoms with Gasteiger partial charge in [0.05, 0.1) is 12.7 Å². The maximum absolute atomic E-state index is 11.8. The number of carbonyl (C=O) groups is 1. The molecule has 0 aromatic heterocycles. The first-order valence-corrected chi connectivity index (χ1v) is 6.65. The van der Waals surface area contributed by atoms with E-state index in [9.17, 15) is 4.79 Å². The molecular weight excluding hydrogens is 228 g/mol. The molecule has 1 aromatic carbocycles. The molecule has 0 saturated carbocycles. The SMILES string of the molecule is CCCCCCC1OC(=O)c2cccc(OC)c21. The van der Waals surface area contributed by atoms with E-state index in [4.69, 9.17) is 9.47 Å². The van der Waals surface area contributed by atoms with E-state index in [0.29, 0.717) is 5.56 Å². The molecule has 0 N–H and O–H groups in total. The lowest BCUT2D eigenvalue weighted by Gasteiger charge is -2.13. The minimum atomic E-state index is -0.218. The minimum Gasteiger partial charge on any atom is -0.496 e. The summed E-state index contributed by atoms with van der Waals surface area (Å²) in [6.07, 6.45) is 5.49. The van der Waals surface area contributed by atoms with E-state index in [1.165, 1.54) is 19.3 Å². The number of ether oxygens (including phenoxy) is 2. The quantitative estimate of drug-likeness (QED) is 0.566. The van der Waals surface area contributed by atoms with Gasteiger partial charge in [0.2, 0.25) is 0 Å². The predicted octanol–water partition coefficient (Wildman–Crippen LogP) is 3.88. The maximum Gasteiger partial charge on any atom is 0.339 e. The predicted molar refractivity (Wildman–Crippen MR) is 69.9 cm³/mol. The fraction of sp³-hybridized carbons (Fsp3) is 0.533. The number of methoxy groups -OCH3 is 1. The average Bonchev–Trinajstić information content (AvgIpc) is 2.72. The van der Waals surface area contributed by atoms with Crippen molar-refractivity contribution < 1.29 is 14.3 Å². The number of unbranched alkanes of at least 4 members (excludes halogenated alkanes) is 3. The fourth-order valence-electron chi connectivity index (χ4n) is 2.44. The summed E-state index contributed by atoms with van der Waals surface area (Å²) < 4.78 is 10.8. The van der Waals surface area contributed by atoms with E-state index in [2.05, 4.69) is 6.92 Å². The summed E-state index contributed by atoms with van der Waals surface area (Å²) >= 11 is 0. The van der Waals surface area contributed by atoms with Crippen LogP contribution in [0.1, 0.15) is 61.1 Å². The fourth-order valence-corrected chi connectivity index (χ4v) is 2.44. The Morgan fingerprint density at radius 2 is 2.11 bits per heavy atom. The molecule has 1 aliphatic rings. The highest BCUT2D eigenvalue weighted by Crippen LogP contribution is 2.40. The van der Waals surface area contributed by atoms with Crippen LogP contribution in [-0.2, 0) is 4.74 Å². The number of esters is 1. The van der Waals surface area contributed by atoms with Crippen LogP contribution in [0, 0.1) is 0 Å². The van der Waals surface area contributed by atoms with Crippen molar-refractivity contribution in [1.82, 2.24) is 0 Å². The first-order chi connectivity index (χ1) is 8.77. The van der Waals surface area contributed by atoms with E-state index in [1.54, 1.807) is 7.11 Å². The van der Waals surface area contributed by atoms with Crippen LogP contribution in [0.3, 0.4) is 0 Å². The third-order valence-corrected chi connectivity index (χ3v) is 3.40. The normalized spacial score (nSPS) is 17.4. The molecule has 1 heterocycles. The molecule has 0 bridgehead atoms. The minimum absolute atomic E-state index is 0.125. The molecular formula is C15H20O3. The molecule has 3 nitrogen and oxygen atoms in total. The molecule has 98 valence electrons. The van der Waals surface area contributed by atoms with Gasteiger partial charge in [-0.05, 0) is 25.0 Å². The molecule has 0 amide bonds. The first-order valence-electron chi connectivity index (χ1n) is 6.65. The van der Waals surface area contributed by atoms with Gasteiger partial charge in [-0.3, -0.25) is 0 Å². The highest BCUT2D eigenvalue weighted by atomic mass is 16.6. The van der Waals surface area contributed by atoms with Gasteiger partial charge in [0, 0.05) is 5.56 Å². The van der Waals surface area contributed by atoms with Crippen LogP contribution in [0.2, 0.25) is 0 Å². The zero-order valence-electron chi connectivity index (χ0n) is 11.1. The van der Waals surface area contributed by atoms with Crippen LogP contribution in [0.5, 0.6) is 5.75 Å². The molecule has 1 unspecified atom stereocenters. The Morgan fingerprint density at radius 1 is 1.28 bits per heavy atom. The van der Waals surface area contributed by atoms with E-state index in [0.717, 1.165) is 24.2 Å². The Hall–Kier alpha value is -1.51. The molecule has 2 rings (SSSR count). The zero-order valence-corrected chi connectivity index (χ0v) is 11.1. The van der Waals surface area contributed by atoms with E-state index < -0.39 is 0 Å². The monoisotopic (exact) mass is 248 g/mol. The summed E-state index contributed by atoms with van der Waals surface area (Å²) in [6, 6.07) is 5.53. The van der Waals surface area contributed by atoms with Crippen LogP contribution in [0.4, 0.5) is 0 Å². The van der Waals surface area contributed by atoms with Gasteiger partial charge >= 0.3 is 5.97 Å². The van der Waals surface area contributed by atoms with Gasteiger partial charge in [-0.25, -0.2) is 4.79 Å². The van der Waals surface area contributed by atoms with Crippen molar-refractivity contribution in [1.29, 1.82) is 0 Å². The third kappa shape index (κ3) is 2.50. The largest absolute Gasteiger partial charge is 0.496 e. The number of hydrogen-bond donors (Lipinski definition) is 0. The lowest BCUT2D eigenvalue weighted by atomic mass is 9.99. The van der Waals surface area contributed by atoms with Gasteiger partial charge in [0.15, 0.2) is 0 Å². The second-order valence-electron chi connectivity index (χ2n) is 4.66. The number of cyclic esters (lactones) is 1. The number of carbonyl (C=O) groups excluding carboxylic acids is 1. The standard InChI is InChI=1S/C15H20O3/c1-3-4-5-6-9-13-14-11(15(16)18-13)8-7-10-12(14)17-2/h7-8,10,13H,3-6,9H2,1-2H3. The lowest BCUT2D eigenvalue weighted by molar-refractivity contribution is 0.0360. The van der Waals surface area contributed by atoms with Crippen LogP contribution in [0.15, 0.2) is 18.2 Å². The van der Waals surface area contributed by atoms with Crippen molar-refractivity contribution in [3.05, 3.63) is 29.3 Å². The molecule has 0 radical (unpaired) electrons. The summed E-state index contributed by atoms with van der Waals surface area (Å²) in [4.78, 5) is 11.8. The Balaban J connectivity index is 2.10. The van der Waals surface area contributed by atoms with Gasteiger partial charge in [-0.1, -0.05) is 32.3 Å². The number of rotatable bonds is 6. The van der Waals surface area contributed by atoms with Crippen molar-refractivity contribution in [2.75, 3.05) is 7.11 Å². The summed E-state index contributed by atoms with van der Waals surface area (Å²) in [7, 11) is 1.63. The maximum atomic E-state index is 11.8. The third-order valence-electron chi connectivity index (χ3n) is 3.40. The molecule has 0 saturated heterocycles. The average molecular weight is 248 g/mol. The van der Waals surface area contributed by atoms with Gasteiger partial charge in [0.1, 0.15) is 11.9 Å². The second kappa shape index (κ2) is 5.89. The summed E-state index contributed by atoms with van der Waals surface area (Å²) in [5, 5.41) is 0. The Labute approximate surface area is 108 Å². The molecule has 1 aliphatic heterocycles. The van der Waals surface area contributed by atoms with Crippen LogP contribution < -0.4 is 4.74 Å². The Kier molecular flexibility index (Phi) is 4.24. The highest BCUT2D eigenvalue weighted by Gasteiger charge is 2.33. The van der Waals surface area contributed by atoms with Gasteiger partial charge in [-0.15, -0.1) is 0 Å². The Bertz CT molecular complexity index is 426. The molecule has 1 aromatic rings. The van der Waals surface area contributed by atoms with Gasteiger partial charge in [0.25, 0.3) is 0 Å². The topological polar surface area (TPSA) is 35.5 Å². The van der Waals surface area contributed by atoms with E-state index in [1.807, 2.05) is 18.2 Å². The zero-order chi connectivity index (χ0) is 13.0. The van der Waals surface area contributed by atoms with Crippen molar-refractivity contribution in [2.24, 2.45) is 0 Å². The molecule has 0 fully saturated rings. The van der Waals surface area contributed by atoms with Crippen LogP contribution >= 0.6 is 0 Å². The lowest BCUT2D eigenvalue weighted by Crippen LogP contribution is -2.00. The van der Waals surface area contributed by atoms with Crippen molar-refractivity contribution in [3.63, 3.8) is 0 Å². The number of benzene rings is 1. The number of fused-ring (bicyclic) bond motifs is 1.